The number of tetrazole rings is 1. The van der Waals surface area contributed by atoms with Gasteiger partial charge in [0.25, 0.3) is 10.9 Å². The van der Waals surface area contributed by atoms with Crippen LogP contribution in [0.25, 0.3) is 11.4 Å². The Kier molecular flexibility index (Phi) is 3.62. The molecule has 2 aromatic heterocycles. The van der Waals surface area contributed by atoms with E-state index in [1.54, 1.807) is 30.3 Å². The van der Waals surface area contributed by atoms with Gasteiger partial charge in [-0.25, -0.2) is 0 Å². The number of aromatic hydroxyl groups is 1. The molecule has 0 atom stereocenters. The van der Waals surface area contributed by atoms with E-state index < -0.39 is 16.6 Å². The Bertz CT molecular complexity index is 1130. The lowest BCUT2D eigenvalue weighted by atomic mass is 10.2. The Hall–Kier alpha value is -4.08. The Morgan fingerprint density at radius 3 is 2.58 bits per heavy atom. The Morgan fingerprint density at radius 1 is 1.08 bits per heavy atom. The molecule has 0 aliphatic heterocycles. The average Bonchev–Trinajstić information content (AvgIpc) is 3.21. The smallest absolute Gasteiger partial charge is 0.271 e. The molecular formula is C16H10N6O4. The first kappa shape index (κ1) is 15.4. The van der Waals surface area contributed by atoms with Crippen LogP contribution in [0.1, 0.15) is 0 Å². The predicted molar refractivity (Wildman–Crippen MR) is 90.2 cm³/mol. The molecule has 0 saturated heterocycles. The van der Waals surface area contributed by atoms with E-state index in [9.17, 15) is 14.7 Å². The summed E-state index contributed by atoms with van der Waals surface area (Å²) in [6.45, 7) is 0. The fraction of sp³-hybridized carbons (Fsp3) is 0. The molecular weight excluding hydrogens is 340 g/mol. The summed E-state index contributed by atoms with van der Waals surface area (Å²) in [5.41, 5.74) is -1.49. The van der Waals surface area contributed by atoms with E-state index in [2.05, 4.69) is 30.9 Å². The summed E-state index contributed by atoms with van der Waals surface area (Å²) in [7, 11) is 0. The number of nitrogens with zero attached hydrogens (tertiary/aromatic N) is 4. The second kappa shape index (κ2) is 6.09. The second-order valence-electron chi connectivity index (χ2n) is 5.24. The number of aromatic nitrogens is 5. The van der Waals surface area contributed by atoms with Crippen molar-refractivity contribution in [3.63, 3.8) is 0 Å². The molecule has 10 nitrogen and oxygen atoms in total. The number of rotatable bonds is 5. The molecule has 0 fully saturated rings. The summed E-state index contributed by atoms with van der Waals surface area (Å²) in [4.78, 5) is 26.9. The highest BCUT2D eigenvalue weighted by Crippen LogP contribution is 2.28. The van der Waals surface area contributed by atoms with E-state index in [-0.39, 0.29) is 23.2 Å². The summed E-state index contributed by atoms with van der Waals surface area (Å²) in [6.07, 6.45) is 0. The molecule has 2 aromatic carbocycles. The van der Waals surface area contributed by atoms with Crippen LogP contribution in [-0.4, -0.2) is 30.7 Å². The number of nitrogens with one attached hydrogen (secondary N) is 2. The molecule has 26 heavy (non-hydrogen) atoms. The largest absolute Gasteiger partial charge is 0.502 e. The zero-order valence-electron chi connectivity index (χ0n) is 13.0. The maximum Gasteiger partial charge on any atom is 0.271 e. The SMILES string of the molecule is O=c1c(O)c(Nc2cc(-c3nn[nH]n3)cc(Oc3ccccc3)n2)c1=O. The van der Waals surface area contributed by atoms with Crippen molar-refractivity contribution in [2.75, 3.05) is 5.32 Å². The van der Waals surface area contributed by atoms with Gasteiger partial charge in [0.15, 0.2) is 5.75 Å². The number of anilines is 2. The monoisotopic (exact) mass is 350 g/mol. The number of H-pyrrole nitrogens is 1. The minimum Gasteiger partial charge on any atom is -0.502 e. The zero-order valence-corrected chi connectivity index (χ0v) is 13.0. The minimum absolute atomic E-state index is 0.167. The molecule has 128 valence electrons. The first-order valence-corrected chi connectivity index (χ1v) is 7.40. The zero-order chi connectivity index (χ0) is 18.1. The summed E-state index contributed by atoms with van der Waals surface area (Å²) in [6, 6.07) is 12.1. The molecule has 0 unspecified atom stereocenters. The number of pyridine rings is 1. The Morgan fingerprint density at radius 2 is 1.88 bits per heavy atom. The lowest BCUT2D eigenvalue weighted by molar-refractivity contribution is 0.462. The van der Waals surface area contributed by atoms with Gasteiger partial charge in [-0.3, -0.25) is 9.59 Å². The van der Waals surface area contributed by atoms with Crippen LogP contribution in [0.3, 0.4) is 0 Å². The first-order valence-electron chi connectivity index (χ1n) is 7.40. The van der Waals surface area contributed by atoms with Crippen LogP contribution in [0.4, 0.5) is 11.5 Å². The standard InChI is InChI=1S/C16H10N6O4/c23-13-12(14(24)15(13)25)18-10-6-8(16-19-21-22-20-16)7-11(17-10)26-9-4-2-1-3-5-9/h1-7,23H,(H,17,18)(H,19,20,21,22). The summed E-state index contributed by atoms with van der Waals surface area (Å²) in [5, 5.41) is 25.8. The highest BCUT2D eigenvalue weighted by atomic mass is 16.5. The van der Waals surface area contributed by atoms with Gasteiger partial charge in [0, 0.05) is 11.6 Å². The normalized spacial score (nSPS) is 10.8. The molecule has 0 spiro atoms. The molecule has 2 heterocycles. The number of aromatic amines is 1. The fourth-order valence-corrected chi connectivity index (χ4v) is 2.27. The van der Waals surface area contributed by atoms with Crippen molar-refractivity contribution in [2.24, 2.45) is 0 Å². The van der Waals surface area contributed by atoms with Gasteiger partial charge >= 0.3 is 0 Å². The van der Waals surface area contributed by atoms with Crippen molar-refractivity contribution in [2.45, 2.75) is 0 Å². The number of hydrogen-bond donors (Lipinski definition) is 3. The third kappa shape index (κ3) is 2.75. The van der Waals surface area contributed by atoms with E-state index in [0.29, 0.717) is 11.3 Å². The summed E-state index contributed by atoms with van der Waals surface area (Å²) < 4.78 is 5.70. The van der Waals surface area contributed by atoms with Crippen LogP contribution in [0.15, 0.2) is 52.1 Å². The van der Waals surface area contributed by atoms with Crippen LogP contribution >= 0.6 is 0 Å². The lowest BCUT2D eigenvalue weighted by Crippen LogP contribution is -2.32. The van der Waals surface area contributed by atoms with Crippen LogP contribution in [0, 0.1) is 0 Å². The van der Waals surface area contributed by atoms with Gasteiger partial charge in [-0.2, -0.15) is 10.2 Å². The number of para-hydroxylation sites is 1. The van der Waals surface area contributed by atoms with E-state index >= 15 is 0 Å². The van der Waals surface area contributed by atoms with E-state index in [0.717, 1.165) is 0 Å². The van der Waals surface area contributed by atoms with Gasteiger partial charge in [0.2, 0.25) is 11.7 Å². The van der Waals surface area contributed by atoms with E-state index in [1.807, 2.05) is 6.07 Å². The molecule has 4 rings (SSSR count). The molecule has 0 amide bonds. The van der Waals surface area contributed by atoms with Crippen molar-refractivity contribution < 1.29 is 9.84 Å². The van der Waals surface area contributed by atoms with Crippen molar-refractivity contribution in [1.29, 1.82) is 0 Å². The van der Waals surface area contributed by atoms with Crippen molar-refractivity contribution in [3.8, 4) is 28.8 Å². The molecule has 10 heteroatoms. The van der Waals surface area contributed by atoms with Crippen LogP contribution in [0.2, 0.25) is 0 Å². The molecule has 0 saturated carbocycles. The van der Waals surface area contributed by atoms with Gasteiger partial charge in [-0.05, 0) is 23.4 Å². The minimum atomic E-state index is -0.942. The van der Waals surface area contributed by atoms with Crippen molar-refractivity contribution >= 4 is 11.5 Å². The Labute approximate surface area is 144 Å². The quantitative estimate of drug-likeness (QED) is 0.451. The second-order valence-corrected chi connectivity index (χ2v) is 5.24. The van der Waals surface area contributed by atoms with Crippen molar-refractivity contribution in [3.05, 3.63) is 62.9 Å². The molecule has 0 bridgehead atoms. The molecule has 0 aliphatic carbocycles. The van der Waals surface area contributed by atoms with Crippen molar-refractivity contribution in [1.82, 2.24) is 25.6 Å². The highest BCUT2D eigenvalue weighted by Gasteiger charge is 2.21. The van der Waals surface area contributed by atoms with Gasteiger partial charge in [-0.15, -0.1) is 10.2 Å². The third-order valence-corrected chi connectivity index (χ3v) is 3.51. The topological polar surface area (TPSA) is 143 Å². The van der Waals surface area contributed by atoms with Crippen LogP contribution < -0.4 is 20.9 Å². The number of ether oxygens (including phenoxy) is 1. The van der Waals surface area contributed by atoms with Crippen LogP contribution in [-0.2, 0) is 0 Å². The maximum absolute atomic E-state index is 11.5. The first-order chi connectivity index (χ1) is 12.6. The summed E-state index contributed by atoms with van der Waals surface area (Å²) >= 11 is 0. The lowest BCUT2D eigenvalue weighted by Gasteiger charge is -2.11. The van der Waals surface area contributed by atoms with Gasteiger partial charge < -0.3 is 15.2 Å². The number of benzene rings is 1. The highest BCUT2D eigenvalue weighted by molar-refractivity contribution is 5.71. The summed E-state index contributed by atoms with van der Waals surface area (Å²) in [5.74, 6) is 0.558. The fourth-order valence-electron chi connectivity index (χ4n) is 2.27. The van der Waals surface area contributed by atoms with E-state index in [1.165, 1.54) is 6.07 Å². The van der Waals surface area contributed by atoms with Gasteiger partial charge in [0.05, 0.1) is 0 Å². The van der Waals surface area contributed by atoms with Gasteiger partial charge in [-0.1, -0.05) is 18.2 Å². The molecule has 3 N–H and O–H groups in total. The van der Waals surface area contributed by atoms with Crippen LogP contribution in [0.5, 0.6) is 17.4 Å². The maximum atomic E-state index is 11.5. The Balaban J connectivity index is 1.73. The van der Waals surface area contributed by atoms with E-state index in [4.69, 9.17) is 4.74 Å². The van der Waals surface area contributed by atoms with Gasteiger partial charge in [0.1, 0.15) is 17.3 Å². The molecule has 4 aromatic rings. The molecule has 0 radical (unpaired) electrons. The third-order valence-electron chi connectivity index (χ3n) is 3.51. The predicted octanol–water partition coefficient (Wildman–Crippen LogP) is 1.10. The average molecular weight is 350 g/mol. The molecule has 0 aliphatic rings. The number of hydrogen-bond acceptors (Lipinski definition) is 9.